The summed E-state index contributed by atoms with van der Waals surface area (Å²) in [5.41, 5.74) is 0.554. The molecule has 1 fully saturated rings. The van der Waals surface area contributed by atoms with Gasteiger partial charge in [0.25, 0.3) is 5.91 Å². The van der Waals surface area contributed by atoms with Gasteiger partial charge in [-0.3, -0.25) is 9.59 Å². The van der Waals surface area contributed by atoms with Crippen LogP contribution in [0, 0.1) is 5.92 Å². The van der Waals surface area contributed by atoms with Crippen molar-refractivity contribution in [1.29, 1.82) is 0 Å². The predicted molar refractivity (Wildman–Crippen MR) is 69.2 cm³/mol. The molecule has 1 aliphatic rings. The van der Waals surface area contributed by atoms with E-state index in [0.29, 0.717) is 24.3 Å². The fourth-order valence-corrected chi connectivity index (χ4v) is 2.46. The number of carbonyl (C=O) groups is 2. The molecule has 19 heavy (non-hydrogen) atoms. The minimum atomic E-state index is -0.836. The Morgan fingerprint density at radius 2 is 1.95 bits per heavy atom. The second kappa shape index (κ2) is 5.30. The molecule has 5 heteroatoms. The molecule has 0 spiro atoms. The van der Waals surface area contributed by atoms with Crippen molar-refractivity contribution in [2.45, 2.75) is 19.4 Å². The van der Waals surface area contributed by atoms with Gasteiger partial charge in [-0.15, -0.1) is 0 Å². The van der Waals surface area contributed by atoms with E-state index in [-0.39, 0.29) is 11.9 Å². The van der Waals surface area contributed by atoms with Crippen molar-refractivity contribution in [1.82, 2.24) is 4.90 Å². The van der Waals surface area contributed by atoms with E-state index in [0.717, 1.165) is 0 Å². The lowest BCUT2D eigenvalue weighted by molar-refractivity contribution is -0.142. The van der Waals surface area contributed by atoms with Crippen LogP contribution in [0.15, 0.2) is 24.3 Å². The van der Waals surface area contributed by atoms with Crippen LogP contribution in [-0.4, -0.2) is 41.6 Å². The molecular weight excluding hydrogens is 246 g/mol. The third-order valence-electron chi connectivity index (χ3n) is 3.67. The first-order chi connectivity index (χ1) is 9.04. The fourth-order valence-electron chi connectivity index (χ4n) is 2.46. The number of hydrogen-bond acceptors (Lipinski definition) is 3. The van der Waals surface area contributed by atoms with Crippen molar-refractivity contribution in [2.24, 2.45) is 5.92 Å². The van der Waals surface area contributed by atoms with E-state index >= 15 is 0 Å². The molecule has 1 heterocycles. The van der Waals surface area contributed by atoms with Gasteiger partial charge < -0.3 is 14.7 Å². The number of amides is 1. The number of nitrogens with zero attached hydrogens (tertiary/aromatic N) is 1. The van der Waals surface area contributed by atoms with E-state index in [2.05, 4.69) is 0 Å². The maximum atomic E-state index is 12.3. The topological polar surface area (TPSA) is 66.8 Å². The molecular formula is C14H17NO4. The van der Waals surface area contributed by atoms with Gasteiger partial charge in [0.1, 0.15) is 5.75 Å². The van der Waals surface area contributed by atoms with E-state index in [1.54, 1.807) is 43.2 Å². The Bertz CT molecular complexity index is 483. The normalized spacial score (nSPS) is 22.3. The maximum Gasteiger partial charge on any atom is 0.308 e. The number of ether oxygens (including phenoxy) is 1. The summed E-state index contributed by atoms with van der Waals surface area (Å²) in [6.07, 6.45) is 0.512. The van der Waals surface area contributed by atoms with Gasteiger partial charge in [-0.2, -0.15) is 0 Å². The quantitative estimate of drug-likeness (QED) is 0.900. The van der Waals surface area contributed by atoms with Crippen molar-refractivity contribution in [3.63, 3.8) is 0 Å². The highest BCUT2D eigenvalue weighted by atomic mass is 16.5. The summed E-state index contributed by atoms with van der Waals surface area (Å²) in [5, 5.41) is 9.07. The zero-order chi connectivity index (χ0) is 14.0. The first-order valence-corrected chi connectivity index (χ1v) is 6.22. The molecule has 5 nitrogen and oxygen atoms in total. The average molecular weight is 263 g/mol. The second-order valence-corrected chi connectivity index (χ2v) is 4.70. The van der Waals surface area contributed by atoms with Gasteiger partial charge in [0.05, 0.1) is 13.0 Å². The number of carbonyl (C=O) groups excluding carboxylic acids is 1. The first kappa shape index (κ1) is 13.4. The summed E-state index contributed by atoms with van der Waals surface area (Å²) >= 11 is 0. The van der Waals surface area contributed by atoms with Crippen LogP contribution in [0.1, 0.15) is 23.7 Å². The second-order valence-electron chi connectivity index (χ2n) is 4.70. The van der Waals surface area contributed by atoms with Crippen molar-refractivity contribution in [3.05, 3.63) is 29.8 Å². The molecule has 0 bridgehead atoms. The summed E-state index contributed by atoms with van der Waals surface area (Å²) in [7, 11) is 1.57. The first-order valence-electron chi connectivity index (χ1n) is 6.22. The largest absolute Gasteiger partial charge is 0.497 e. The Morgan fingerprint density at radius 1 is 1.32 bits per heavy atom. The van der Waals surface area contributed by atoms with E-state index in [1.807, 2.05) is 0 Å². The Morgan fingerprint density at radius 3 is 2.42 bits per heavy atom. The third-order valence-corrected chi connectivity index (χ3v) is 3.67. The molecule has 1 aromatic rings. The molecule has 1 saturated heterocycles. The summed E-state index contributed by atoms with van der Waals surface area (Å²) < 4.78 is 5.04. The number of likely N-dealkylation sites (tertiary alicyclic amines) is 1. The number of methoxy groups -OCH3 is 1. The van der Waals surface area contributed by atoms with Crippen LogP contribution >= 0.6 is 0 Å². The Labute approximate surface area is 111 Å². The monoisotopic (exact) mass is 263 g/mol. The molecule has 1 aliphatic heterocycles. The summed E-state index contributed by atoms with van der Waals surface area (Å²) in [4.78, 5) is 25.0. The van der Waals surface area contributed by atoms with E-state index in [9.17, 15) is 9.59 Å². The van der Waals surface area contributed by atoms with E-state index in [4.69, 9.17) is 9.84 Å². The maximum absolute atomic E-state index is 12.3. The summed E-state index contributed by atoms with van der Waals surface area (Å²) in [6.45, 7) is 2.27. The highest BCUT2D eigenvalue weighted by Crippen LogP contribution is 2.26. The Hall–Kier alpha value is -2.04. The lowest BCUT2D eigenvalue weighted by Gasteiger charge is -2.23. The standard InChI is InChI=1S/C14H17NO4/c1-9-12(14(17)18)7-8-15(9)13(16)10-3-5-11(19-2)6-4-10/h3-6,9,12H,7-8H2,1-2H3,(H,17,18). The molecule has 0 aliphatic carbocycles. The average Bonchev–Trinajstić information content (AvgIpc) is 2.80. The van der Waals surface area contributed by atoms with Crippen LogP contribution < -0.4 is 4.74 Å². The van der Waals surface area contributed by atoms with Crippen LogP contribution in [0.3, 0.4) is 0 Å². The third kappa shape index (κ3) is 2.54. The molecule has 2 unspecified atom stereocenters. The Kier molecular flexibility index (Phi) is 3.74. The summed E-state index contributed by atoms with van der Waals surface area (Å²) in [5.74, 6) is -0.743. The van der Waals surface area contributed by atoms with Gasteiger partial charge in [-0.25, -0.2) is 0 Å². The van der Waals surface area contributed by atoms with Crippen LogP contribution in [0.2, 0.25) is 0 Å². The Balaban J connectivity index is 2.13. The zero-order valence-corrected chi connectivity index (χ0v) is 11.0. The van der Waals surface area contributed by atoms with Gasteiger partial charge >= 0.3 is 5.97 Å². The van der Waals surface area contributed by atoms with Crippen molar-refractivity contribution < 1.29 is 19.4 Å². The molecule has 2 atom stereocenters. The van der Waals surface area contributed by atoms with E-state index in [1.165, 1.54) is 0 Å². The van der Waals surface area contributed by atoms with E-state index < -0.39 is 11.9 Å². The minimum absolute atomic E-state index is 0.126. The summed E-state index contributed by atoms with van der Waals surface area (Å²) in [6, 6.07) is 6.57. The number of aliphatic carboxylic acids is 1. The van der Waals surface area contributed by atoms with Crippen LogP contribution in [-0.2, 0) is 4.79 Å². The number of hydrogen-bond donors (Lipinski definition) is 1. The molecule has 1 amide bonds. The van der Waals surface area contributed by atoms with Gasteiger partial charge in [-0.05, 0) is 37.6 Å². The van der Waals surface area contributed by atoms with Crippen LogP contribution in [0.5, 0.6) is 5.75 Å². The lowest BCUT2D eigenvalue weighted by atomic mass is 10.0. The van der Waals surface area contributed by atoms with Gasteiger partial charge in [0.2, 0.25) is 0 Å². The molecule has 1 N–H and O–H groups in total. The highest BCUT2D eigenvalue weighted by molar-refractivity contribution is 5.95. The fraction of sp³-hybridized carbons (Fsp3) is 0.429. The molecule has 0 aromatic heterocycles. The smallest absolute Gasteiger partial charge is 0.308 e. The molecule has 102 valence electrons. The molecule has 1 aromatic carbocycles. The highest BCUT2D eigenvalue weighted by Gasteiger charge is 2.38. The SMILES string of the molecule is COc1ccc(C(=O)N2CCC(C(=O)O)C2C)cc1. The van der Waals surface area contributed by atoms with Crippen molar-refractivity contribution in [2.75, 3.05) is 13.7 Å². The van der Waals surface area contributed by atoms with Gasteiger partial charge in [0.15, 0.2) is 0 Å². The molecule has 0 radical (unpaired) electrons. The van der Waals surface area contributed by atoms with Crippen LogP contribution in [0.25, 0.3) is 0 Å². The zero-order valence-electron chi connectivity index (χ0n) is 11.0. The van der Waals surface area contributed by atoms with Crippen molar-refractivity contribution in [3.8, 4) is 5.75 Å². The molecule has 0 saturated carbocycles. The number of carboxylic acids is 1. The lowest BCUT2D eigenvalue weighted by Crippen LogP contribution is -2.37. The molecule has 2 rings (SSSR count). The minimum Gasteiger partial charge on any atom is -0.497 e. The number of benzene rings is 1. The number of carboxylic acid groups (broad SMARTS) is 1. The van der Waals surface area contributed by atoms with Gasteiger partial charge in [0, 0.05) is 18.2 Å². The van der Waals surface area contributed by atoms with Gasteiger partial charge in [-0.1, -0.05) is 0 Å². The van der Waals surface area contributed by atoms with Crippen molar-refractivity contribution >= 4 is 11.9 Å². The predicted octanol–water partition coefficient (Wildman–Crippen LogP) is 1.63. The number of rotatable bonds is 3. The van der Waals surface area contributed by atoms with Crippen LogP contribution in [0.4, 0.5) is 0 Å².